The van der Waals surface area contributed by atoms with Crippen molar-refractivity contribution < 1.29 is 4.74 Å². The summed E-state index contributed by atoms with van der Waals surface area (Å²) < 4.78 is 6.00. The van der Waals surface area contributed by atoms with E-state index in [4.69, 9.17) is 10.5 Å². The Morgan fingerprint density at radius 3 is 2.40 bits per heavy atom. The topological polar surface area (TPSA) is 47.3 Å². The van der Waals surface area contributed by atoms with Crippen LogP contribution in [0.4, 0.5) is 0 Å². The quantitative estimate of drug-likeness (QED) is 0.754. The lowest BCUT2D eigenvalue weighted by Crippen LogP contribution is -2.60. The Morgan fingerprint density at radius 2 is 1.90 bits per heavy atom. The Balaban J connectivity index is 1.60. The van der Waals surface area contributed by atoms with Gasteiger partial charge in [0.2, 0.25) is 0 Å². The minimum atomic E-state index is 0.0132. The molecule has 0 bridgehead atoms. The first-order chi connectivity index (χ1) is 9.60. The Labute approximate surface area is 124 Å². The predicted molar refractivity (Wildman–Crippen MR) is 82.6 cm³/mol. The summed E-state index contributed by atoms with van der Waals surface area (Å²) in [7, 11) is 0. The number of hydrogen-bond acceptors (Lipinski definition) is 3. The largest absolute Gasteiger partial charge is 0.375 e. The Kier molecular flexibility index (Phi) is 4.13. The molecule has 2 saturated carbocycles. The Hall–Kier alpha value is -0.120. The average molecular weight is 280 g/mol. The van der Waals surface area contributed by atoms with Crippen LogP contribution >= 0.6 is 0 Å². The van der Waals surface area contributed by atoms with E-state index in [0.717, 1.165) is 50.2 Å². The van der Waals surface area contributed by atoms with E-state index in [1.54, 1.807) is 0 Å². The third kappa shape index (κ3) is 3.20. The Bertz CT molecular complexity index is 328. The second-order valence-corrected chi connectivity index (χ2v) is 7.78. The standard InChI is InChI=1S/C17H32N2O/c1-3-16(2)11-17(12-18,8-9-20-16)19-10-15(13-4-5-13)14-6-7-14/h13-15,19H,3-12,18H2,1-2H3. The summed E-state index contributed by atoms with van der Waals surface area (Å²) in [5.41, 5.74) is 6.29. The maximum absolute atomic E-state index is 6.17. The normalized spacial score (nSPS) is 38.4. The van der Waals surface area contributed by atoms with Crippen molar-refractivity contribution in [3.63, 3.8) is 0 Å². The molecule has 0 aromatic heterocycles. The zero-order valence-corrected chi connectivity index (χ0v) is 13.3. The van der Waals surface area contributed by atoms with Gasteiger partial charge in [0.25, 0.3) is 0 Å². The zero-order valence-electron chi connectivity index (χ0n) is 13.3. The van der Waals surface area contributed by atoms with Crippen molar-refractivity contribution in [2.24, 2.45) is 23.5 Å². The molecule has 3 N–H and O–H groups in total. The number of hydrogen-bond donors (Lipinski definition) is 2. The molecule has 2 atom stereocenters. The molecule has 1 saturated heterocycles. The third-order valence-electron chi connectivity index (χ3n) is 6.05. The second kappa shape index (κ2) is 5.58. The summed E-state index contributed by atoms with van der Waals surface area (Å²) in [5.74, 6) is 2.96. The Morgan fingerprint density at radius 1 is 1.25 bits per heavy atom. The molecule has 0 aromatic carbocycles. The van der Waals surface area contributed by atoms with Crippen molar-refractivity contribution >= 4 is 0 Å². The van der Waals surface area contributed by atoms with Gasteiger partial charge in [0, 0.05) is 18.7 Å². The van der Waals surface area contributed by atoms with E-state index in [9.17, 15) is 0 Å². The van der Waals surface area contributed by atoms with E-state index < -0.39 is 0 Å². The van der Waals surface area contributed by atoms with Crippen molar-refractivity contribution in [1.82, 2.24) is 5.32 Å². The molecule has 2 unspecified atom stereocenters. The number of ether oxygens (including phenoxy) is 1. The van der Waals surface area contributed by atoms with E-state index >= 15 is 0 Å². The van der Waals surface area contributed by atoms with Crippen LogP contribution < -0.4 is 11.1 Å². The van der Waals surface area contributed by atoms with Gasteiger partial charge in [-0.25, -0.2) is 0 Å². The molecule has 3 heteroatoms. The van der Waals surface area contributed by atoms with Crippen molar-refractivity contribution in [3.05, 3.63) is 0 Å². The molecular weight excluding hydrogens is 248 g/mol. The highest BCUT2D eigenvalue weighted by atomic mass is 16.5. The SMILES string of the molecule is CCC1(C)CC(CN)(NCC(C2CC2)C2CC2)CCO1. The van der Waals surface area contributed by atoms with Crippen LogP contribution in [0.3, 0.4) is 0 Å². The molecule has 116 valence electrons. The van der Waals surface area contributed by atoms with Crippen molar-refractivity contribution in [2.45, 2.75) is 69.9 Å². The highest BCUT2D eigenvalue weighted by Gasteiger charge is 2.45. The highest BCUT2D eigenvalue weighted by molar-refractivity contribution is 5.01. The van der Waals surface area contributed by atoms with Crippen LogP contribution in [0.5, 0.6) is 0 Å². The van der Waals surface area contributed by atoms with Crippen molar-refractivity contribution in [2.75, 3.05) is 19.7 Å². The molecule has 3 rings (SSSR count). The molecule has 2 aliphatic carbocycles. The first-order valence-corrected chi connectivity index (χ1v) is 8.69. The maximum Gasteiger partial charge on any atom is 0.0670 e. The van der Waals surface area contributed by atoms with Gasteiger partial charge in [-0.05, 0) is 76.2 Å². The molecule has 0 amide bonds. The van der Waals surface area contributed by atoms with Gasteiger partial charge in [-0.3, -0.25) is 0 Å². The molecular formula is C17H32N2O. The summed E-state index contributed by atoms with van der Waals surface area (Å²) >= 11 is 0. The van der Waals surface area contributed by atoms with Gasteiger partial charge in [-0.1, -0.05) is 6.92 Å². The fourth-order valence-electron chi connectivity index (χ4n) is 4.07. The zero-order chi connectivity index (χ0) is 14.2. The molecule has 0 radical (unpaired) electrons. The average Bonchev–Trinajstić information content (AvgIpc) is 3.32. The maximum atomic E-state index is 6.17. The van der Waals surface area contributed by atoms with Crippen LogP contribution in [0.1, 0.15) is 58.8 Å². The third-order valence-corrected chi connectivity index (χ3v) is 6.05. The van der Waals surface area contributed by atoms with E-state index in [2.05, 4.69) is 19.2 Å². The smallest absolute Gasteiger partial charge is 0.0670 e. The molecule has 3 fully saturated rings. The lowest BCUT2D eigenvalue weighted by atomic mass is 9.78. The summed E-state index contributed by atoms with van der Waals surface area (Å²) in [6.07, 6.45) is 9.08. The highest BCUT2D eigenvalue weighted by Crippen LogP contribution is 2.49. The minimum absolute atomic E-state index is 0.0132. The van der Waals surface area contributed by atoms with Gasteiger partial charge in [0.15, 0.2) is 0 Å². The van der Waals surface area contributed by atoms with Gasteiger partial charge in [-0.15, -0.1) is 0 Å². The summed E-state index contributed by atoms with van der Waals surface area (Å²) in [6, 6.07) is 0. The molecule has 0 spiro atoms. The van der Waals surface area contributed by atoms with Crippen molar-refractivity contribution in [1.29, 1.82) is 0 Å². The van der Waals surface area contributed by atoms with Gasteiger partial charge in [0.05, 0.1) is 5.60 Å². The van der Waals surface area contributed by atoms with Crippen LogP contribution in [0.2, 0.25) is 0 Å². The van der Waals surface area contributed by atoms with E-state index in [-0.39, 0.29) is 11.1 Å². The first kappa shape index (κ1) is 14.8. The van der Waals surface area contributed by atoms with Gasteiger partial charge >= 0.3 is 0 Å². The summed E-state index contributed by atoms with van der Waals surface area (Å²) in [6.45, 7) is 7.26. The van der Waals surface area contributed by atoms with E-state index in [0.29, 0.717) is 0 Å². The molecule has 20 heavy (non-hydrogen) atoms. The van der Waals surface area contributed by atoms with E-state index in [1.807, 2.05) is 0 Å². The fourth-order valence-corrected chi connectivity index (χ4v) is 4.07. The molecule has 1 heterocycles. The fraction of sp³-hybridized carbons (Fsp3) is 1.00. The predicted octanol–water partition coefficient (Wildman–Crippen LogP) is 2.69. The first-order valence-electron chi connectivity index (χ1n) is 8.69. The van der Waals surface area contributed by atoms with Crippen LogP contribution in [-0.4, -0.2) is 30.8 Å². The van der Waals surface area contributed by atoms with Crippen LogP contribution in [0, 0.1) is 17.8 Å². The van der Waals surface area contributed by atoms with Crippen LogP contribution in [0.15, 0.2) is 0 Å². The number of rotatable bonds is 7. The minimum Gasteiger partial charge on any atom is -0.375 e. The summed E-state index contributed by atoms with van der Waals surface area (Å²) in [5, 5.41) is 3.91. The molecule has 1 aliphatic heterocycles. The second-order valence-electron chi connectivity index (χ2n) is 7.78. The van der Waals surface area contributed by atoms with Crippen LogP contribution in [-0.2, 0) is 4.74 Å². The molecule has 3 nitrogen and oxygen atoms in total. The van der Waals surface area contributed by atoms with Crippen LogP contribution in [0.25, 0.3) is 0 Å². The van der Waals surface area contributed by atoms with Crippen molar-refractivity contribution in [3.8, 4) is 0 Å². The molecule has 3 aliphatic rings. The van der Waals surface area contributed by atoms with E-state index in [1.165, 1.54) is 32.2 Å². The van der Waals surface area contributed by atoms with Gasteiger partial charge < -0.3 is 15.8 Å². The lowest BCUT2D eigenvalue weighted by molar-refractivity contribution is -0.100. The number of nitrogens with two attached hydrogens (primary N) is 1. The monoisotopic (exact) mass is 280 g/mol. The summed E-state index contributed by atoms with van der Waals surface area (Å²) in [4.78, 5) is 0. The molecule has 0 aromatic rings. The lowest BCUT2D eigenvalue weighted by Gasteiger charge is -2.47. The number of nitrogens with one attached hydrogen (secondary N) is 1. The van der Waals surface area contributed by atoms with Gasteiger partial charge in [-0.2, -0.15) is 0 Å². The van der Waals surface area contributed by atoms with Gasteiger partial charge in [0.1, 0.15) is 0 Å².